The number of hydrogen-bond acceptors (Lipinski definition) is 5. The van der Waals surface area contributed by atoms with Gasteiger partial charge in [0.1, 0.15) is 12.4 Å². The Morgan fingerprint density at radius 2 is 2.05 bits per heavy atom. The molecule has 0 spiro atoms. The standard InChI is InChI=1S/C15H25N5O/c1-6-16-13-11-9-17-20(5)14(11)19-12(18-13)10-21-8-7-15(2,3)4/h9H,6-8,10H2,1-5H3,(H,16,18,19). The minimum absolute atomic E-state index is 0.280. The largest absolute Gasteiger partial charge is 0.373 e. The summed E-state index contributed by atoms with van der Waals surface area (Å²) in [5.74, 6) is 1.51. The maximum Gasteiger partial charge on any atom is 0.163 e. The molecule has 0 aromatic carbocycles. The number of hydrogen-bond donors (Lipinski definition) is 1. The molecule has 0 amide bonds. The van der Waals surface area contributed by atoms with E-state index in [4.69, 9.17) is 4.74 Å². The Bertz CT molecular complexity index is 600. The van der Waals surface area contributed by atoms with Crippen LogP contribution in [0.5, 0.6) is 0 Å². The van der Waals surface area contributed by atoms with E-state index in [1.165, 1.54) is 0 Å². The fourth-order valence-corrected chi connectivity index (χ4v) is 1.98. The first-order chi connectivity index (χ1) is 9.90. The van der Waals surface area contributed by atoms with Crippen LogP contribution in [0.4, 0.5) is 5.82 Å². The van der Waals surface area contributed by atoms with E-state index in [1.54, 1.807) is 10.9 Å². The zero-order valence-corrected chi connectivity index (χ0v) is 13.6. The number of ether oxygens (including phenoxy) is 1. The molecule has 116 valence electrons. The van der Waals surface area contributed by atoms with Crippen molar-refractivity contribution in [2.45, 2.75) is 40.7 Å². The fourth-order valence-electron chi connectivity index (χ4n) is 1.98. The molecule has 6 nitrogen and oxygen atoms in total. The smallest absolute Gasteiger partial charge is 0.163 e. The van der Waals surface area contributed by atoms with Crippen LogP contribution in [0.2, 0.25) is 0 Å². The highest BCUT2D eigenvalue weighted by atomic mass is 16.5. The second-order valence-electron chi connectivity index (χ2n) is 6.39. The van der Waals surface area contributed by atoms with E-state index in [2.05, 4.69) is 41.2 Å². The van der Waals surface area contributed by atoms with Gasteiger partial charge in [0.15, 0.2) is 11.5 Å². The van der Waals surface area contributed by atoms with Crippen molar-refractivity contribution >= 4 is 16.9 Å². The third-order valence-electron chi connectivity index (χ3n) is 3.21. The molecular weight excluding hydrogens is 266 g/mol. The number of anilines is 1. The highest BCUT2D eigenvalue weighted by Crippen LogP contribution is 2.20. The Morgan fingerprint density at radius 1 is 1.29 bits per heavy atom. The van der Waals surface area contributed by atoms with Crippen LogP contribution < -0.4 is 5.32 Å². The van der Waals surface area contributed by atoms with Crippen LogP contribution in [-0.2, 0) is 18.4 Å². The normalized spacial score (nSPS) is 12.0. The Balaban J connectivity index is 2.10. The van der Waals surface area contributed by atoms with E-state index in [0.29, 0.717) is 19.0 Å². The molecule has 0 fully saturated rings. The third kappa shape index (κ3) is 4.14. The average Bonchev–Trinajstić information content (AvgIpc) is 2.76. The van der Waals surface area contributed by atoms with Gasteiger partial charge in [-0.05, 0) is 18.8 Å². The van der Waals surface area contributed by atoms with Gasteiger partial charge in [-0.15, -0.1) is 0 Å². The van der Waals surface area contributed by atoms with Gasteiger partial charge >= 0.3 is 0 Å². The fraction of sp³-hybridized carbons (Fsp3) is 0.667. The van der Waals surface area contributed by atoms with Crippen LogP contribution >= 0.6 is 0 Å². The number of nitrogens with zero attached hydrogens (tertiary/aromatic N) is 4. The summed E-state index contributed by atoms with van der Waals surface area (Å²) in [4.78, 5) is 9.07. The van der Waals surface area contributed by atoms with Gasteiger partial charge in [0.25, 0.3) is 0 Å². The van der Waals surface area contributed by atoms with Crippen molar-refractivity contribution in [3.05, 3.63) is 12.0 Å². The molecule has 0 aliphatic heterocycles. The highest BCUT2D eigenvalue weighted by Gasteiger charge is 2.12. The minimum Gasteiger partial charge on any atom is -0.373 e. The van der Waals surface area contributed by atoms with Crippen LogP contribution in [0.3, 0.4) is 0 Å². The molecule has 0 aliphatic rings. The van der Waals surface area contributed by atoms with E-state index in [-0.39, 0.29) is 5.41 Å². The van der Waals surface area contributed by atoms with Crippen LogP contribution in [0.25, 0.3) is 11.0 Å². The first-order valence-electron chi connectivity index (χ1n) is 7.41. The van der Waals surface area contributed by atoms with Crippen molar-refractivity contribution in [1.29, 1.82) is 0 Å². The quantitative estimate of drug-likeness (QED) is 0.829. The predicted octanol–water partition coefficient (Wildman–Crippen LogP) is 2.75. The van der Waals surface area contributed by atoms with Gasteiger partial charge in [0.2, 0.25) is 0 Å². The molecule has 0 atom stereocenters. The lowest BCUT2D eigenvalue weighted by atomic mass is 9.93. The number of aromatic nitrogens is 4. The molecule has 0 radical (unpaired) electrons. The van der Waals surface area contributed by atoms with E-state index in [0.717, 1.165) is 29.8 Å². The Morgan fingerprint density at radius 3 is 2.71 bits per heavy atom. The lowest BCUT2D eigenvalue weighted by Gasteiger charge is -2.17. The SMILES string of the molecule is CCNc1nc(COCCC(C)(C)C)nc2c1cnn2C. The first kappa shape index (κ1) is 15.7. The first-order valence-corrected chi connectivity index (χ1v) is 7.41. The molecule has 2 heterocycles. The molecule has 0 saturated heterocycles. The second kappa shape index (κ2) is 6.39. The molecule has 0 saturated carbocycles. The predicted molar refractivity (Wildman–Crippen MR) is 84.2 cm³/mol. The van der Waals surface area contributed by atoms with Crippen molar-refractivity contribution in [3.63, 3.8) is 0 Å². The molecular formula is C15H25N5O. The number of fused-ring (bicyclic) bond motifs is 1. The van der Waals surface area contributed by atoms with Crippen molar-refractivity contribution in [1.82, 2.24) is 19.7 Å². The van der Waals surface area contributed by atoms with Crippen LogP contribution in [0.15, 0.2) is 6.20 Å². The van der Waals surface area contributed by atoms with Crippen LogP contribution in [-0.4, -0.2) is 32.9 Å². The minimum atomic E-state index is 0.280. The lowest BCUT2D eigenvalue weighted by Crippen LogP contribution is -2.11. The van der Waals surface area contributed by atoms with Gasteiger partial charge in [-0.2, -0.15) is 5.10 Å². The van der Waals surface area contributed by atoms with Gasteiger partial charge in [-0.3, -0.25) is 4.68 Å². The van der Waals surface area contributed by atoms with E-state index in [9.17, 15) is 0 Å². The summed E-state index contributed by atoms with van der Waals surface area (Å²) in [6, 6.07) is 0. The molecule has 2 rings (SSSR count). The summed E-state index contributed by atoms with van der Waals surface area (Å²) in [6.45, 7) is 10.6. The molecule has 0 aliphatic carbocycles. The van der Waals surface area contributed by atoms with Gasteiger partial charge < -0.3 is 10.1 Å². The number of rotatable bonds is 6. The Labute approximate surface area is 125 Å². The Kier molecular flexibility index (Phi) is 4.77. The molecule has 1 N–H and O–H groups in total. The van der Waals surface area contributed by atoms with E-state index < -0.39 is 0 Å². The van der Waals surface area contributed by atoms with Gasteiger partial charge in [0.05, 0.1) is 11.6 Å². The van der Waals surface area contributed by atoms with Crippen molar-refractivity contribution in [2.24, 2.45) is 12.5 Å². The third-order valence-corrected chi connectivity index (χ3v) is 3.21. The van der Waals surface area contributed by atoms with Crippen molar-refractivity contribution in [3.8, 4) is 0 Å². The van der Waals surface area contributed by atoms with Gasteiger partial charge in [0, 0.05) is 20.2 Å². The van der Waals surface area contributed by atoms with Gasteiger partial charge in [-0.25, -0.2) is 9.97 Å². The second-order valence-corrected chi connectivity index (χ2v) is 6.39. The number of nitrogens with one attached hydrogen (secondary N) is 1. The van der Waals surface area contributed by atoms with Crippen molar-refractivity contribution in [2.75, 3.05) is 18.5 Å². The molecule has 6 heteroatoms. The maximum atomic E-state index is 5.71. The summed E-state index contributed by atoms with van der Waals surface area (Å²) >= 11 is 0. The molecule has 2 aromatic heterocycles. The van der Waals surface area contributed by atoms with Gasteiger partial charge in [-0.1, -0.05) is 20.8 Å². The molecule has 0 bridgehead atoms. The Hall–Kier alpha value is -1.69. The molecule has 21 heavy (non-hydrogen) atoms. The topological polar surface area (TPSA) is 64.9 Å². The van der Waals surface area contributed by atoms with Crippen LogP contribution in [0.1, 0.15) is 39.9 Å². The van der Waals surface area contributed by atoms with Crippen molar-refractivity contribution < 1.29 is 4.74 Å². The average molecular weight is 291 g/mol. The zero-order chi connectivity index (χ0) is 15.5. The zero-order valence-electron chi connectivity index (χ0n) is 13.6. The van der Waals surface area contributed by atoms with Crippen LogP contribution in [0, 0.1) is 5.41 Å². The summed E-state index contributed by atoms with van der Waals surface area (Å²) in [5.41, 5.74) is 1.11. The summed E-state index contributed by atoms with van der Waals surface area (Å²) in [5, 5.41) is 8.44. The monoisotopic (exact) mass is 291 g/mol. The highest BCUT2D eigenvalue weighted by molar-refractivity contribution is 5.86. The molecule has 2 aromatic rings. The summed E-state index contributed by atoms with van der Waals surface area (Å²) in [6.07, 6.45) is 2.80. The number of aryl methyl sites for hydroxylation is 1. The summed E-state index contributed by atoms with van der Waals surface area (Å²) < 4.78 is 7.47. The maximum absolute atomic E-state index is 5.71. The molecule has 0 unspecified atom stereocenters. The van der Waals surface area contributed by atoms with E-state index in [1.807, 2.05) is 14.0 Å². The van der Waals surface area contributed by atoms with E-state index >= 15 is 0 Å². The lowest BCUT2D eigenvalue weighted by molar-refractivity contribution is 0.0919. The summed E-state index contributed by atoms with van der Waals surface area (Å²) in [7, 11) is 1.88.